The fourth-order valence-electron chi connectivity index (χ4n) is 4.45. The zero-order valence-electron chi connectivity index (χ0n) is 21.3. The molecule has 2 aromatic carbocycles. The van der Waals surface area contributed by atoms with Crippen LogP contribution < -0.4 is 4.74 Å². The van der Waals surface area contributed by atoms with E-state index in [1.54, 1.807) is 24.3 Å². The van der Waals surface area contributed by atoms with E-state index in [4.69, 9.17) is 4.74 Å². The molecule has 2 heterocycles. The van der Waals surface area contributed by atoms with Crippen LogP contribution in [0.4, 0.5) is 0 Å². The van der Waals surface area contributed by atoms with Gasteiger partial charge in [-0.05, 0) is 75.6 Å². The normalized spacial score (nSPS) is 11.8. The Bertz CT molecular complexity index is 1480. The average Bonchev–Trinajstić information content (AvgIpc) is 3.39. The van der Waals surface area contributed by atoms with Crippen LogP contribution in [0.15, 0.2) is 59.6 Å². The van der Waals surface area contributed by atoms with Gasteiger partial charge in [0.25, 0.3) is 10.0 Å². The molecule has 0 saturated carbocycles. The molecule has 8 heteroatoms. The summed E-state index contributed by atoms with van der Waals surface area (Å²) in [6, 6.07) is 14.4. The molecule has 0 aliphatic carbocycles. The van der Waals surface area contributed by atoms with Gasteiger partial charge in [0.1, 0.15) is 18.1 Å². The number of ether oxygens (including phenoxy) is 1. The molecule has 0 fully saturated rings. The molecule has 0 amide bonds. The minimum absolute atomic E-state index is 0.210. The van der Waals surface area contributed by atoms with Gasteiger partial charge in [0, 0.05) is 30.1 Å². The fourth-order valence-corrected chi connectivity index (χ4v) is 6.03. The highest BCUT2D eigenvalue weighted by atomic mass is 32.2. The molecular weight excluding hydrogens is 474 g/mol. The predicted octanol–water partition coefficient (Wildman–Crippen LogP) is 5.38. The number of fused-ring (bicyclic) bond motifs is 1. The number of benzene rings is 2. The Morgan fingerprint density at radius 1 is 1.03 bits per heavy atom. The quantitative estimate of drug-likeness (QED) is 0.272. The predicted molar refractivity (Wildman–Crippen MR) is 141 cm³/mol. The highest BCUT2D eigenvalue weighted by Crippen LogP contribution is 2.33. The molecule has 190 valence electrons. The molecule has 0 radical (unpaired) electrons. The molecule has 7 nitrogen and oxygen atoms in total. The third-order valence-electron chi connectivity index (χ3n) is 6.45. The highest BCUT2D eigenvalue weighted by molar-refractivity contribution is 7.90. The topological polar surface area (TPSA) is 83.2 Å². The number of ketones is 1. The third kappa shape index (κ3) is 5.38. The van der Waals surface area contributed by atoms with Gasteiger partial charge in [-0.15, -0.1) is 0 Å². The SMILES string of the molecule is CCC(=O)CCCc1c(C)n(S(=O)(=O)c2ccc(C)cc2)c2ccc(OCCn3ccc(C)n3)cc12. The number of aryl methyl sites for hydroxylation is 3. The number of aromatic nitrogens is 3. The van der Waals surface area contributed by atoms with Crippen molar-refractivity contribution in [3.8, 4) is 5.75 Å². The Hall–Kier alpha value is -3.39. The van der Waals surface area contributed by atoms with Gasteiger partial charge in [0.2, 0.25) is 0 Å². The zero-order chi connectivity index (χ0) is 25.9. The lowest BCUT2D eigenvalue weighted by molar-refractivity contribution is -0.118. The van der Waals surface area contributed by atoms with E-state index >= 15 is 0 Å². The van der Waals surface area contributed by atoms with Gasteiger partial charge < -0.3 is 4.74 Å². The summed E-state index contributed by atoms with van der Waals surface area (Å²) in [5, 5.41) is 5.21. The van der Waals surface area contributed by atoms with E-state index in [2.05, 4.69) is 5.10 Å². The van der Waals surface area contributed by atoms with Crippen molar-refractivity contribution in [3.63, 3.8) is 0 Å². The number of carbonyl (C=O) groups excluding carboxylic acids is 1. The summed E-state index contributed by atoms with van der Waals surface area (Å²) in [6.07, 6.45) is 4.18. The molecule has 0 spiro atoms. The fraction of sp³-hybridized carbons (Fsp3) is 0.357. The summed E-state index contributed by atoms with van der Waals surface area (Å²) in [5.74, 6) is 0.878. The summed E-state index contributed by atoms with van der Waals surface area (Å²) < 4.78 is 36.7. The van der Waals surface area contributed by atoms with Crippen molar-refractivity contribution in [1.29, 1.82) is 0 Å². The Morgan fingerprint density at radius 3 is 2.44 bits per heavy atom. The Balaban J connectivity index is 1.70. The van der Waals surface area contributed by atoms with Gasteiger partial charge in [0.05, 0.1) is 22.7 Å². The summed E-state index contributed by atoms with van der Waals surface area (Å²) in [6.45, 7) is 8.62. The van der Waals surface area contributed by atoms with Crippen LogP contribution in [0.25, 0.3) is 10.9 Å². The van der Waals surface area contributed by atoms with Crippen LogP contribution in [0.5, 0.6) is 5.75 Å². The Labute approximate surface area is 212 Å². The largest absolute Gasteiger partial charge is 0.492 e. The minimum Gasteiger partial charge on any atom is -0.492 e. The van der Waals surface area contributed by atoms with Crippen molar-refractivity contribution in [3.05, 3.63) is 77.2 Å². The van der Waals surface area contributed by atoms with E-state index in [1.807, 2.05) is 62.8 Å². The van der Waals surface area contributed by atoms with E-state index in [1.165, 1.54) is 3.97 Å². The summed E-state index contributed by atoms with van der Waals surface area (Å²) >= 11 is 0. The smallest absolute Gasteiger partial charge is 0.268 e. The van der Waals surface area contributed by atoms with Crippen LogP contribution in [0.3, 0.4) is 0 Å². The van der Waals surface area contributed by atoms with Crippen molar-refractivity contribution in [2.24, 2.45) is 0 Å². The molecule has 0 bridgehead atoms. The Morgan fingerprint density at radius 2 is 1.78 bits per heavy atom. The first-order valence-electron chi connectivity index (χ1n) is 12.3. The average molecular weight is 508 g/mol. The van der Waals surface area contributed by atoms with Gasteiger partial charge in [-0.1, -0.05) is 24.6 Å². The number of carbonyl (C=O) groups is 1. The maximum atomic E-state index is 13.7. The lowest BCUT2D eigenvalue weighted by Gasteiger charge is -2.11. The molecule has 36 heavy (non-hydrogen) atoms. The first-order valence-corrected chi connectivity index (χ1v) is 13.8. The van der Waals surface area contributed by atoms with Crippen molar-refractivity contribution in [2.45, 2.75) is 64.8 Å². The standard InChI is InChI=1S/C28H33N3O4S/c1-5-23(32)7-6-8-26-22(4)31(36(33,34)25-12-9-20(2)10-13-25)28-14-11-24(19-27(26)28)35-18-17-30-16-15-21(3)29-30/h9-16,19H,5-8,17-18H2,1-4H3. The van der Waals surface area contributed by atoms with Gasteiger partial charge in [0.15, 0.2) is 0 Å². The van der Waals surface area contributed by atoms with Crippen LogP contribution >= 0.6 is 0 Å². The molecule has 0 aliphatic heterocycles. The van der Waals surface area contributed by atoms with Crippen LogP contribution in [0.2, 0.25) is 0 Å². The zero-order valence-corrected chi connectivity index (χ0v) is 22.1. The van der Waals surface area contributed by atoms with Crippen molar-refractivity contribution < 1.29 is 17.9 Å². The second-order valence-corrected chi connectivity index (χ2v) is 10.9. The molecule has 0 atom stereocenters. The van der Waals surface area contributed by atoms with Crippen LogP contribution in [-0.2, 0) is 27.8 Å². The lowest BCUT2D eigenvalue weighted by Crippen LogP contribution is -2.14. The maximum absolute atomic E-state index is 13.7. The van der Waals surface area contributed by atoms with E-state index in [9.17, 15) is 13.2 Å². The maximum Gasteiger partial charge on any atom is 0.268 e. The van der Waals surface area contributed by atoms with Gasteiger partial charge in [-0.3, -0.25) is 9.48 Å². The van der Waals surface area contributed by atoms with Crippen LogP contribution in [-0.4, -0.2) is 34.6 Å². The first kappa shape index (κ1) is 25.7. The minimum atomic E-state index is -3.80. The monoisotopic (exact) mass is 507 g/mol. The van der Waals surface area contributed by atoms with E-state index < -0.39 is 10.0 Å². The number of hydrogen-bond donors (Lipinski definition) is 0. The van der Waals surface area contributed by atoms with E-state index in [0.29, 0.717) is 55.8 Å². The second-order valence-electron chi connectivity index (χ2n) is 9.14. The highest BCUT2D eigenvalue weighted by Gasteiger charge is 2.25. The van der Waals surface area contributed by atoms with Gasteiger partial charge in [-0.25, -0.2) is 12.4 Å². The first-order chi connectivity index (χ1) is 17.2. The summed E-state index contributed by atoms with van der Waals surface area (Å²) in [4.78, 5) is 12.1. The van der Waals surface area contributed by atoms with Crippen molar-refractivity contribution >= 4 is 26.7 Å². The molecule has 4 aromatic rings. The molecular formula is C28H33N3O4S. The van der Waals surface area contributed by atoms with Crippen molar-refractivity contribution in [2.75, 3.05) is 6.61 Å². The van der Waals surface area contributed by atoms with Crippen LogP contribution in [0.1, 0.15) is 48.7 Å². The molecule has 4 rings (SSSR count). The summed E-state index contributed by atoms with van der Waals surface area (Å²) in [7, 11) is -3.80. The van der Waals surface area contributed by atoms with Gasteiger partial charge in [-0.2, -0.15) is 5.10 Å². The Kier molecular flexibility index (Phi) is 7.64. The number of hydrogen-bond acceptors (Lipinski definition) is 5. The molecule has 0 unspecified atom stereocenters. The van der Waals surface area contributed by atoms with Crippen LogP contribution in [0, 0.1) is 20.8 Å². The van der Waals surface area contributed by atoms with Gasteiger partial charge >= 0.3 is 0 Å². The molecule has 0 aliphatic rings. The lowest BCUT2D eigenvalue weighted by atomic mass is 10.0. The van der Waals surface area contributed by atoms with E-state index in [-0.39, 0.29) is 10.7 Å². The van der Waals surface area contributed by atoms with Crippen molar-refractivity contribution in [1.82, 2.24) is 13.8 Å². The summed E-state index contributed by atoms with van der Waals surface area (Å²) in [5.41, 5.74) is 4.15. The molecule has 0 N–H and O–H groups in total. The molecule has 0 saturated heterocycles. The third-order valence-corrected chi connectivity index (χ3v) is 8.27. The number of nitrogens with zero attached hydrogens (tertiary/aromatic N) is 3. The number of Topliss-reactive ketones (excluding diaryl/α,β-unsaturated/α-hetero) is 1. The molecule has 2 aromatic heterocycles. The van der Waals surface area contributed by atoms with E-state index in [0.717, 1.165) is 22.2 Å². The second kappa shape index (κ2) is 10.7. The number of rotatable bonds is 11.